The van der Waals surface area contributed by atoms with E-state index in [2.05, 4.69) is 0 Å². The van der Waals surface area contributed by atoms with E-state index in [0.29, 0.717) is 0 Å². The minimum Gasteiger partial charge on any atom is -0.504 e. The Labute approximate surface area is 106 Å². The third-order valence-electron chi connectivity index (χ3n) is 2.58. The molecule has 0 spiro atoms. The van der Waals surface area contributed by atoms with Gasteiger partial charge in [-0.2, -0.15) is 0 Å². The molecule has 0 aliphatic rings. The van der Waals surface area contributed by atoms with Crippen LogP contribution >= 0.6 is 0 Å². The lowest BCUT2D eigenvalue weighted by atomic mass is 10.1. The number of esters is 1. The second-order valence-electron chi connectivity index (χ2n) is 4.22. The van der Waals surface area contributed by atoms with E-state index in [9.17, 15) is 15.0 Å². The summed E-state index contributed by atoms with van der Waals surface area (Å²) < 4.78 is 5.15. The first-order valence-electron chi connectivity index (χ1n) is 5.91. The van der Waals surface area contributed by atoms with Crippen molar-refractivity contribution in [3.63, 3.8) is 0 Å². The smallest absolute Gasteiger partial charge is 0.338 e. The molecule has 0 heterocycles. The SMILES string of the molecule is CCCCC(C)OC(=O)c1cc(O)c(O)c(O)c1. The third kappa shape index (κ3) is 3.55. The third-order valence-corrected chi connectivity index (χ3v) is 2.58. The van der Waals surface area contributed by atoms with Gasteiger partial charge in [-0.25, -0.2) is 4.79 Å². The summed E-state index contributed by atoms with van der Waals surface area (Å²) in [5.41, 5.74) is 0.00569. The predicted octanol–water partition coefficient (Wildman–Crippen LogP) is 2.54. The van der Waals surface area contributed by atoms with E-state index in [1.165, 1.54) is 0 Å². The number of hydrogen-bond donors (Lipinski definition) is 3. The molecule has 0 bridgehead atoms. The summed E-state index contributed by atoms with van der Waals surface area (Å²) in [6, 6.07) is 2.12. The standard InChI is InChI=1S/C13H18O5/c1-3-4-5-8(2)18-13(17)9-6-10(14)12(16)11(15)7-9/h6-8,14-16H,3-5H2,1-2H3. The van der Waals surface area contributed by atoms with E-state index in [0.717, 1.165) is 31.4 Å². The average molecular weight is 254 g/mol. The van der Waals surface area contributed by atoms with E-state index in [1.807, 2.05) is 6.92 Å². The number of phenolic OH excluding ortho intramolecular Hbond substituents is 3. The highest BCUT2D eigenvalue weighted by atomic mass is 16.5. The van der Waals surface area contributed by atoms with Gasteiger partial charge in [0.05, 0.1) is 11.7 Å². The van der Waals surface area contributed by atoms with Gasteiger partial charge < -0.3 is 20.1 Å². The molecular weight excluding hydrogens is 236 g/mol. The molecule has 0 aliphatic heterocycles. The molecule has 0 aliphatic carbocycles. The molecule has 0 fully saturated rings. The lowest BCUT2D eigenvalue weighted by Crippen LogP contribution is -2.14. The molecule has 0 saturated carbocycles. The summed E-state index contributed by atoms with van der Waals surface area (Å²) in [5.74, 6) is -2.39. The maximum Gasteiger partial charge on any atom is 0.338 e. The lowest BCUT2D eigenvalue weighted by molar-refractivity contribution is 0.0319. The monoisotopic (exact) mass is 254 g/mol. The fourth-order valence-corrected chi connectivity index (χ4v) is 1.52. The van der Waals surface area contributed by atoms with Crippen LogP contribution in [0.1, 0.15) is 43.5 Å². The highest BCUT2D eigenvalue weighted by molar-refractivity contribution is 5.91. The van der Waals surface area contributed by atoms with Crippen LogP contribution in [0.25, 0.3) is 0 Å². The summed E-state index contributed by atoms with van der Waals surface area (Å²) >= 11 is 0. The van der Waals surface area contributed by atoms with E-state index >= 15 is 0 Å². The largest absolute Gasteiger partial charge is 0.504 e. The predicted molar refractivity (Wildman–Crippen MR) is 65.8 cm³/mol. The fraction of sp³-hybridized carbons (Fsp3) is 0.462. The molecule has 0 saturated heterocycles. The number of ether oxygens (including phenoxy) is 1. The van der Waals surface area contributed by atoms with Gasteiger partial charge in [0.15, 0.2) is 17.2 Å². The highest BCUT2D eigenvalue weighted by Crippen LogP contribution is 2.35. The molecule has 1 unspecified atom stereocenters. The van der Waals surface area contributed by atoms with Crippen molar-refractivity contribution in [3.05, 3.63) is 17.7 Å². The van der Waals surface area contributed by atoms with Crippen molar-refractivity contribution in [2.75, 3.05) is 0 Å². The number of phenols is 3. The minimum atomic E-state index is -0.648. The molecular formula is C13H18O5. The molecule has 5 nitrogen and oxygen atoms in total. The molecule has 5 heteroatoms. The molecule has 0 aromatic heterocycles. The van der Waals surface area contributed by atoms with Crippen molar-refractivity contribution in [2.24, 2.45) is 0 Å². The van der Waals surface area contributed by atoms with Gasteiger partial charge in [0.1, 0.15) is 0 Å². The zero-order chi connectivity index (χ0) is 13.7. The van der Waals surface area contributed by atoms with Gasteiger partial charge in [0.2, 0.25) is 0 Å². The molecule has 0 radical (unpaired) electrons. The summed E-state index contributed by atoms with van der Waals surface area (Å²) in [5, 5.41) is 27.7. The van der Waals surface area contributed by atoms with Crippen molar-refractivity contribution >= 4 is 5.97 Å². The summed E-state index contributed by atoms with van der Waals surface area (Å²) in [7, 11) is 0. The van der Waals surface area contributed by atoms with Gasteiger partial charge in [0, 0.05) is 0 Å². The van der Waals surface area contributed by atoms with Gasteiger partial charge in [0.25, 0.3) is 0 Å². The molecule has 100 valence electrons. The zero-order valence-corrected chi connectivity index (χ0v) is 10.5. The Morgan fingerprint density at radius 2 is 1.83 bits per heavy atom. The first-order chi connectivity index (χ1) is 8.45. The molecule has 1 rings (SSSR count). The zero-order valence-electron chi connectivity index (χ0n) is 10.5. The Balaban J connectivity index is 2.73. The molecule has 3 N–H and O–H groups in total. The van der Waals surface area contributed by atoms with Crippen LogP contribution in [0.5, 0.6) is 17.2 Å². The van der Waals surface area contributed by atoms with Gasteiger partial charge in [-0.15, -0.1) is 0 Å². The molecule has 1 aromatic carbocycles. The molecule has 1 aromatic rings. The number of unbranched alkanes of at least 4 members (excludes halogenated alkanes) is 1. The van der Waals surface area contributed by atoms with Crippen LogP contribution < -0.4 is 0 Å². The second-order valence-corrected chi connectivity index (χ2v) is 4.22. The van der Waals surface area contributed by atoms with Gasteiger partial charge in [-0.3, -0.25) is 0 Å². The van der Waals surface area contributed by atoms with Gasteiger partial charge in [-0.1, -0.05) is 19.8 Å². The van der Waals surface area contributed by atoms with E-state index < -0.39 is 23.2 Å². The van der Waals surface area contributed by atoms with Crippen molar-refractivity contribution in [3.8, 4) is 17.2 Å². The van der Waals surface area contributed by atoms with Crippen molar-refractivity contribution in [1.29, 1.82) is 0 Å². The first kappa shape index (κ1) is 14.2. The lowest BCUT2D eigenvalue weighted by Gasteiger charge is -2.13. The van der Waals surface area contributed by atoms with Crippen LogP contribution in [0, 0.1) is 0 Å². The normalized spacial score (nSPS) is 12.1. The maximum atomic E-state index is 11.7. The van der Waals surface area contributed by atoms with Crippen LogP contribution in [0.4, 0.5) is 0 Å². The van der Waals surface area contributed by atoms with Crippen molar-refractivity contribution in [1.82, 2.24) is 0 Å². The fourth-order valence-electron chi connectivity index (χ4n) is 1.52. The van der Waals surface area contributed by atoms with Gasteiger partial charge in [-0.05, 0) is 25.5 Å². The Morgan fingerprint density at radius 3 is 2.33 bits per heavy atom. The Bertz CT molecular complexity index is 404. The average Bonchev–Trinajstić information content (AvgIpc) is 2.32. The summed E-state index contributed by atoms with van der Waals surface area (Å²) in [6.45, 7) is 3.83. The van der Waals surface area contributed by atoms with E-state index in [1.54, 1.807) is 6.92 Å². The van der Waals surface area contributed by atoms with E-state index in [4.69, 9.17) is 9.84 Å². The Kier molecular flexibility index (Phi) is 4.83. The van der Waals surface area contributed by atoms with Crippen molar-refractivity contribution in [2.45, 2.75) is 39.2 Å². The van der Waals surface area contributed by atoms with Crippen molar-refractivity contribution < 1.29 is 24.9 Å². The van der Waals surface area contributed by atoms with Crippen LogP contribution in [-0.4, -0.2) is 27.4 Å². The van der Waals surface area contributed by atoms with Crippen LogP contribution in [0.3, 0.4) is 0 Å². The number of carbonyl (C=O) groups excluding carboxylic acids is 1. The number of rotatable bonds is 5. The number of benzene rings is 1. The highest BCUT2D eigenvalue weighted by Gasteiger charge is 2.16. The van der Waals surface area contributed by atoms with Gasteiger partial charge >= 0.3 is 5.97 Å². The molecule has 0 amide bonds. The minimum absolute atomic E-state index is 0.00569. The molecule has 18 heavy (non-hydrogen) atoms. The number of hydrogen-bond acceptors (Lipinski definition) is 5. The van der Waals surface area contributed by atoms with Crippen LogP contribution in [0.2, 0.25) is 0 Å². The van der Waals surface area contributed by atoms with Crippen LogP contribution in [0.15, 0.2) is 12.1 Å². The Hall–Kier alpha value is -1.91. The quantitative estimate of drug-likeness (QED) is 0.555. The van der Waals surface area contributed by atoms with Crippen LogP contribution in [-0.2, 0) is 4.74 Å². The number of aromatic hydroxyl groups is 3. The summed E-state index contributed by atoms with van der Waals surface area (Å²) in [6.07, 6.45) is 2.51. The van der Waals surface area contributed by atoms with E-state index in [-0.39, 0.29) is 11.7 Å². The molecule has 1 atom stereocenters. The Morgan fingerprint density at radius 1 is 1.28 bits per heavy atom. The second kappa shape index (κ2) is 6.14. The topological polar surface area (TPSA) is 87.0 Å². The number of carbonyl (C=O) groups is 1. The first-order valence-corrected chi connectivity index (χ1v) is 5.91. The summed E-state index contributed by atoms with van der Waals surface area (Å²) in [4.78, 5) is 11.7. The maximum absolute atomic E-state index is 11.7.